The highest BCUT2D eigenvalue weighted by atomic mass is 32.2. The second-order valence-corrected chi connectivity index (χ2v) is 7.49. The molecule has 7 heteroatoms. The summed E-state index contributed by atoms with van der Waals surface area (Å²) in [6, 6.07) is 19.1. The number of hydrogen-bond acceptors (Lipinski definition) is 6. The number of carbonyl (C=O) groups is 1. The molecule has 138 valence electrons. The Morgan fingerprint density at radius 1 is 1.15 bits per heavy atom. The molecule has 0 bridgehead atoms. The molecule has 0 spiro atoms. The summed E-state index contributed by atoms with van der Waals surface area (Å²) in [5.41, 5.74) is 1.61. The first-order valence-electron chi connectivity index (χ1n) is 9.00. The molecule has 0 unspecified atom stereocenters. The highest BCUT2D eigenvalue weighted by Gasteiger charge is 2.27. The van der Waals surface area contributed by atoms with Crippen LogP contribution in [0.15, 0.2) is 65.8 Å². The van der Waals surface area contributed by atoms with Gasteiger partial charge < -0.3 is 4.74 Å². The van der Waals surface area contributed by atoms with E-state index in [9.17, 15) is 4.79 Å². The zero-order valence-corrected chi connectivity index (χ0v) is 15.6. The number of aromatic nitrogens is 4. The van der Waals surface area contributed by atoms with Crippen molar-refractivity contribution in [2.24, 2.45) is 0 Å². The van der Waals surface area contributed by atoms with Gasteiger partial charge in [-0.25, -0.2) is 4.68 Å². The Balaban J connectivity index is 1.60. The number of carbonyl (C=O) groups excluding carboxylic acids is 1. The molecule has 0 saturated carbocycles. The molecule has 0 aliphatic carbocycles. The van der Waals surface area contributed by atoms with E-state index in [1.54, 1.807) is 4.68 Å². The van der Waals surface area contributed by atoms with Gasteiger partial charge in [0.1, 0.15) is 5.25 Å². The van der Waals surface area contributed by atoms with Crippen LogP contribution in [0, 0.1) is 0 Å². The van der Waals surface area contributed by atoms with Gasteiger partial charge >= 0.3 is 0 Å². The first-order valence-corrected chi connectivity index (χ1v) is 9.88. The molecule has 2 heterocycles. The van der Waals surface area contributed by atoms with E-state index in [0.29, 0.717) is 17.3 Å². The topological polar surface area (TPSA) is 69.9 Å². The minimum Gasteiger partial charge on any atom is -0.376 e. The second-order valence-electron chi connectivity index (χ2n) is 6.42. The zero-order valence-electron chi connectivity index (χ0n) is 14.8. The predicted octanol–water partition coefficient (Wildman–Crippen LogP) is 3.57. The highest BCUT2D eigenvalue weighted by Crippen LogP contribution is 2.36. The van der Waals surface area contributed by atoms with Crippen molar-refractivity contribution >= 4 is 17.5 Å². The lowest BCUT2D eigenvalue weighted by Gasteiger charge is -2.16. The fourth-order valence-electron chi connectivity index (χ4n) is 3.14. The number of nitrogens with zero attached hydrogens (tertiary/aromatic N) is 4. The van der Waals surface area contributed by atoms with E-state index < -0.39 is 5.25 Å². The van der Waals surface area contributed by atoms with Crippen LogP contribution in [0.3, 0.4) is 0 Å². The number of hydrogen-bond donors (Lipinski definition) is 0. The maximum absolute atomic E-state index is 13.2. The molecule has 1 aromatic heterocycles. The van der Waals surface area contributed by atoms with Crippen LogP contribution in [0.2, 0.25) is 0 Å². The summed E-state index contributed by atoms with van der Waals surface area (Å²) in [6.45, 7) is 1.39. The Labute approximate surface area is 161 Å². The van der Waals surface area contributed by atoms with E-state index >= 15 is 0 Å². The average Bonchev–Trinajstić information content (AvgIpc) is 3.39. The summed E-state index contributed by atoms with van der Waals surface area (Å²) < 4.78 is 7.44. The van der Waals surface area contributed by atoms with Gasteiger partial charge in [-0.05, 0) is 28.8 Å². The minimum atomic E-state index is -0.414. The van der Waals surface area contributed by atoms with Gasteiger partial charge in [0.05, 0.1) is 12.6 Å². The summed E-state index contributed by atoms with van der Waals surface area (Å²) >= 11 is 1.38. The van der Waals surface area contributed by atoms with E-state index in [-0.39, 0.29) is 11.9 Å². The molecule has 2 atom stereocenters. The normalized spacial score (nSPS) is 17.7. The van der Waals surface area contributed by atoms with Crippen LogP contribution in [-0.4, -0.2) is 38.7 Å². The van der Waals surface area contributed by atoms with Crippen molar-refractivity contribution in [2.75, 3.05) is 6.61 Å². The third kappa shape index (κ3) is 4.26. The van der Waals surface area contributed by atoms with Gasteiger partial charge in [-0.1, -0.05) is 72.4 Å². The molecule has 3 aromatic rings. The Kier molecular flexibility index (Phi) is 5.60. The predicted molar refractivity (Wildman–Crippen MR) is 103 cm³/mol. The minimum absolute atomic E-state index is 0.0402. The Morgan fingerprint density at radius 3 is 2.59 bits per heavy atom. The fourth-order valence-corrected chi connectivity index (χ4v) is 4.20. The summed E-state index contributed by atoms with van der Waals surface area (Å²) in [6.07, 6.45) is 2.21. The van der Waals surface area contributed by atoms with Crippen molar-refractivity contribution in [3.63, 3.8) is 0 Å². The van der Waals surface area contributed by atoms with E-state index in [1.165, 1.54) is 11.8 Å². The lowest BCUT2D eigenvalue weighted by atomic mass is 10.0. The quantitative estimate of drug-likeness (QED) is 0.461. The van der Waals surface area contributed by atoms with Crippen LogP contribution in [0.5, 0.6) is 0 Å². The van der Waals surface area contributed by atoms with Crippen LogP contribution in [0.4, 0.5) is 0 Å². The number of tetrazole rings is 1. The van der Waals surface area contributed by atoms with Gasteiger partial charge in [0.25, 0.3) is 0 Å². The van der Waals surface area contributed by atoms with Crippen LogP contribution in [0.25, 0.3) is 0 Å². The van der Waals surface area contributed by atoms with Crippen LogP contribution < -0.4 is 0 Å². The van der Waals surface area contributed by atoms with E-state index in [2.05, 4.69) is 15.5 Å². The second kappa shape index (κ2) is 8.45. The van der Waals surface area contributed by atoms with Crippen molar-refractivity contribution in [3.8, 4) is 0 Å². The molecule has 1 aliphatic heterocycles. The number of ether oxygens (including phenoxy) is 1. The first-order chi connectivity index (χ1) is 13.3. The van der Waals surface area contributed by atoms with E-state index in [1.807, 2.05) is 60.7 Å². The molecular formula is C20H20N4O2S. The van der Waals surface area contributed by atoms with E-state index in [4.69, 9.17) is 4.74 Å². The van der Waals surface area contributed by atoms with Crippen molar-refractivity contribution in [2.45, 2.75) is 35.9 Å². The van der Waals surface area contributed by atoms with Crippen molar-refractivity contribution < 1.29 is 9.53 Å². The van der Waals surface area contributed by atoms with Gasteiger partial charge in [0, 0.05) is 12.2 Å². The fraction of sp³-hybridized carbons (Fsp3) is 0.300. The number of thioether (sulfide) groups is 1. The van der Waals surface area contributed by atoms with Crippen LogP contribution in [-0.2, 0) is 11.3 Å². The monoisotopic (exact) mass is 380 g/mol. The van der Waals surface area contributed by atoms with Crippen LogP contribution in [0.1, 0.15) is 34.0 Å². The van der Waals surface area contributed by atoms with Gasteiger partial charge in [0.15, 0.2) is 5.78 Å². The lowest BCUT2D eigenvalue weighted by Crippen LogP contribution is -2.18. The maximum Gasteiger partial charge on any atom is 0.210 e. The van der Waals surface area contributed by atoms with Gasteiger partial charge in [-0.15, -0.1) is 5.10 Å². The molecular weight excluding hydrogens is 360 g/mol. The standard InChI is InChI=1S/C20H20N4O2S/c25-18(15-8-3-1-4-9-15)19(16-10-5-2-6-11-16)27-20-21-22-23-24(20)14-17-12-7-13-26-17/h1-6,8-11,17,19H,7,12-14H2/t17-,19-/m1/s1. The molecule has 4 rings (SSSR count). The number of ketones is 1. The van der Waals surface area contributed by atoms with Gasteiger partial charge in [-0.2, -0.15) is 0 Å². The van der Waals surface area contributed by atoms with E-state index in [0.717, 1.165) is 25.0 Å². The first kappa shape index (κ1) is 17.9. The number of benzene rings is 2. The molecule has 0 amide bonds. The molecule has 0 radical (unpaired) electrons. The highest BCUT2D eigenvalue weighted by molar-refractivity contribution is 8.00. The SMILES string of the molecule is O=C(c1ccccc1)[C@H](Sc1nnnn1C[C@H]1CCCO1)c1ccccc1. The Bertz CT molecular complexity index is 879. The molecule has 27 heavy (non-hydrogen) atoms. The molecule has 1 saturated heterocycles. The zero-order chi connectivity index (χ0) is 18.5. The molecule has 0 N–H and O–H groups in total. The third-order valence-corrected chi connectivity index (χ3v) is 5.75. The van der Waals surface area contributed by atoms with Crippen LogP contribution >= 0.6 is 11.8 Å². The van der Waals surface area contributed by atoms with Gasteiger partial charge in [0.2, 0.25) is 5.16 Å². The molecule has 2 aromatic carbocycles. The number of rotatable bonds is 7. The molecule has 1 aliphatic rings. The number of Topliss-reactive ketones (excluding diaryl/α,β-unsaturated/α-hetero) is 1. The third-order valence-electron chi connectivity index (χ3n) is 4.52. The smallest absolute Gasteiger partial charge is 0.210 e. The van der Waals surface area contributed by atoms with Gasteiger partial charge in [-0.3, -0.25) is 4.79 Å². The molecule has 1 fully saturated rings. The summed E-state index contributed by atoms with van der Waals surface area (Å²) in [5, 5.41) is 12.3. The molecule has 6 nitrogen and oxygen atoms in total. The lowest BCUT2D eigenvalue weighted by molar-refractivity contribution is 0.0911. The summed E-state index contributed by atoms with van der Waals surface area (Å²) in [4.78, 5) is 13.2. The Morgan fingerprint density at radius 2 is 1.89 bits per heavy atom. The van der Waals surface area contributed by atoms with Crippen molar-refractivity contribution in [1.82, 2.24) is 20.2 Å². The largest absolute Gasteiger partial charge is 0.376 e. The van der Waals surface area contributed by atoms with Crippen molar-refractivity contribution in [3.05, 3.63) is 71.8 Å². The Hall–Kier alpha value is -2.51. The van der Waals surface area contributed by atoms with Crippen molar-refractivity contribution in [1.29, 1.82) is 0 Å². The summed E-state index contributed by atoms with van der Waals surface area (Å²) in [5.74, 6) is 0.0402. The summed E-state index contributed by atoms with van der Waals surface area (Å²) in [7, 11) is 0. The average molecular weight is 380 g/mol. The maximum atomic E-state index is 13.2.